The minimum Gasteiger partial charge on any atom is -0.507 e. The van der Waals surface area contributed by atoms with Gasteiger partial charge in [-0.1, -0.05) is 24.6 Å². The minimum absolute atomic E-state index is 0.0408. The summed E-state index contributed by atoms with van der Waals surface area (Å²) in [4.78, 5) is 37.6. The Bertz CT molecular complexity index is 1040. The van der Waals surface area contributed by atoms with Gasteiger partial charge < -0.3 is 20.4 Å². The van der Waals surface area contributed by atoms with Gasteiger partial charge in [0.15, 0.2) is 0 Å². The predicted octanol–water partition coefficient (Wildman–Crippen LogP) is 3.96. The van der Waals surface area contributed by atoms with Gasteiger partial charge in [0, 0.05) is 33.6 Å². The molecule has 4 N–H and O–H groups in total. The summed E-state index contributed by atoms with van der Waals surface area (Å²) >= 11 is 0. The standard InChI is InChI=1S/C27H36O7/c1-14(2)8-6-9-16(25(32)33)10-7-12-26(4)17-11-13-27(5,34)19(17)23(30)18-20(26)24(31)22(29)15(3)21(18)28/h8,10,17,19,23,28,30,34H,6-7,9,11-13H2,1-5H3,(H,32,33)/b16-10-/t17-,19-,23+,26+,27?/m1/s1. The van der Waals surface area contributed by atoms with Crippen LogP contribution >= 0.6 is 0 Å². The molecule has 7 heteroatoms. The third-order valence-corrected chi connectivity index (χ3v) is 8.09. The Hall–Kier alpha value is -2.51. The predicted molar refractivity (Wildman–Crippen MR) is 127 cm³/mol. The number of aliphatic hydroxyl groups excluding tert-OH is 2. The summed E-state index contributed by atoms with van der Waals surface area (Å²) in [6.45, 7) is 8.76. The molecule has 0 saturated heterocycles. The monoisotopic (exact) mass is 472 g/mol. The Morgan fingerprint density at radius 3 is 2.35 bits per heavy atom. The lowest BCUT2D eigenvalue weighted by molar-refractivity contribution is -0.135. The van der Waals surface area contributed by atoms with Gasteiger partial charge in [0.25, 0.3) is 0 Å². The van der Waals surface area contributed by atoms with Gasteiger partial charge >= 0.3 is 5.97 Å². The first-order valence-corrected chi connectivity index (χ1v) is 11.9. The summed E-state index contributed by atoms with van der Waals surface area (Å²) in [6.07, 6.45) is 5.01. The first-order valence-electron chi connectivity index (χ1n) is 11.9. The molecule has 3 rings (SSSR count). The normalized spacial score (nSPS) is 33.7. The molecule has 186 valence electrons. The first-order chi connectivity index (χ1) is 15.7. The van der Waals surface area contributed by atoms with E-state index < -0.39 is 40.6 Å². The maximum Gasteiger partial charge on any atom is 0.331 e. The molecule has 0 bridgehead atoms. The van der Waals surface area contributed by atoms with Gasteiger partial charge in [-0.15, -0.1) is 0 Å². The van der Waals surface area contributed by atoms with Crippen molar-refractivity contribution in [1.29, 1.82) is 0 Å². The van der Waals surface area contributed by atoms with Gasteiger partial charge in [-0.3, -0.25) is 9.59 Å². The average Bonchev–Trinajstić information content (AvgIpc) is 3.07. The Kier molecular flexibility index (Phi) is 7.11. The van der Waals surface area contributed by atoms with Gasteiger partial charge in [0.05, 0.1) is 11.7 Å². The Morgan fingerprint density at radius 2 is 1.76 bits per heavy atom. The van der Waals surface area contributed by atoms with E-state index in [0.29, 0.717) is 38.5 Å². The molecule has 3 aliphatic carbocycles. The Labute approximate surface area is 200 Å². The lowest BCUT2D eigenvalue weighted by Crippen LogP contribution is -2.53. The lowest BCUT2D eigenvalue weighted by atomic mass is 9.54. The van der Waals surface area contributed by atoms with Crippen LogP contribution in [0.5, 0.6) is 0 Å². The second-order valence-electron chi connectivity index (χ2n) is 10.7. The molecule has 1 saturated carbocycles. The molecule has 5 atom stereocenters. The molecular weight excluding hydrogens is 436 g/mol. The highest BCUT2D eigenvalue weighted by Gasteiger charge is 2.62. The van der Waals surface area contributed by atoms with Crippen LogP contribution in [0.1, 0.15) is 73.1 Å². The Balaban J connectivity index is 2.03. The van der Waals surface area contributed by atoms with E-state index in [9.17, 15) is 34.8 Å². The molecule has 0 aromatic carbocycles. The van der Waals surface area contributed by atoms with Crippen molar-refractivity contribution >= 4 is 17.5 Å². The second-order valence-corrected chi connectivity index (χ2v) is 10.7. The molecule has 3 aliphatic rings. The molecule has 7 nitrogen and oxygen atoms in total. The average molecular weight is 473 g/mol. The fourth-order valence-electron chi connectivity index (χ4n) is 6.23. The number of Topliss-reactive ketones (excluding diaryl/α,β-unsaturated/α-hetero) is 2. The third-order valence-electron chi connectivity index (χ3n) is 8.09. The van der Waals surface area contributed by atoms with Crippen LogP contribution in [-0.2, 0) is 14.4 Å². The Morgan fingerprint density at radius 1 is 1.12 bits per heavy atom. The molecule has 0 aromatic rings. The van der Waals surface area contributed by atoms with Gasteiger partial charge in [-0.05, 0) is 72.1 Å². The topological polar surface area (TPSA) is 132 Å². The molecule has 0 amide bonds. The van der Waals surface area contributed by atoms with Crippen molar-refractivity contribution in [3.05, 3.63) is 45.8 Å². The minimum atomic E-state index is -1.27. The van der Waals surface area contributed by atoms with Crippen LogP contribution in [0.3, 0.4) is 0 Å². The maximum absolute atomic E-state index is 13.2. The highest BCUT2D eigenvalue weighted by Crippen LogP contribution is 2.61. The van der Waals surface area contributed by atoms with E-state index in [2.05, 4.69) is 0 Å². The van der Waals surface area contributed by atoms with Crippen LogP contribution in [0.25, 0.3) is 0 Å². The summed E-state index contributed by atoms with van der Waals surface area (Å²) in [6, 6.07) is 0. The summed E-state index contributed by atoms with van der Waals surface area (Å²) in [7, 11) is 0. The molecule has 0 aliphatic heterocycles. The maximum atomic E-state index is 13.2. The van der Waals surface area contributed by atoms with E-state index in [-0.39, 0.29) is 34.0 Å². The number of carbonyl (C=O) groups is 3. The summed E-state index contributed by atoms with van der Waals surface area (Å²) < 4.78 is 0. The van der Waals surface area contributed by atoms with Crippen LogP contribution in [0.4, 0.5) is 0 Å². The number of hydrogen-bond donors (Lipinski definition) is 4. The molecule has 1 unspecified atom stereocenters. The number of ketones is 2. The molecule has 0 aromatic heterocycles. The number of fused-ring (bicyclic) bond motifs is 1. The molecule has 34 heavy (non-hydrogen) atoms. The van der Waals surface area contributed by atoms with Gasteiger partial charge in [-0.25, -0.2) is 4.79 Å². The number of allylic oxidation sites excluding steroid dienone is 5. The smallest absolute Gasteiger partial charge is 0.331 e. The van der Waals surface area contributed by atoms with Crippen LogP contribution in [0.15, 0.2) is 45.8 Å². The summed E-state index contributed by atoms with van der Waals surface area (Å²) in [5.41, 5.74) is -0.670. The highest BCUT2D eigenvalue weighted by atomic mass is 16.4. The zero-order valence-electron chi connectivity index (χ0n) is 20.6. The van der Waals surface area contributed by atoms with Gasteiger partial charge in [0.1, 0.15) is 5.76 Å². The number of rotatable bonds is 7. The third kappa shape index (κ3) is 4.31. The second kappa shape index (κ2) is 9.27. The van der Waals surface area contributed by atoms with Gasteiger partial charge in [-0.2, -0.15) is 0 Å². The molecule has 1 fully saturated rings. The zero-order valence-corrected chi connectivity index (χ0v) is 20.6. The molecular formula is C27H36O7. The fraction of sp³-hybridized carbons (Fsp3) is 0.593. The van der Waals surface area contributed by atoms with Crippen LogP contribution in [0, 0.1) is 17.3 Å². The largest absolute Gasteiger partial charge is 0.507 e. The van der Waals surface area contributed by atoms with Crippen molar-refractivity contribution in [3.63, 3.8) is 0 Å². The van der Waals surface area contributed by atoms with Crippen molar-refractivity contribution in [2.75, 3.05) is 0 Å². The van der Waals surface area contributed by atoms with Crippen LogP contribution in [-0.4, -0.2) is 49.7 Å². The zero-order chi connectivity index (χ0) is 25.6. The first kappa shape index (κ1) is 26.1. The fourth-order valence-corrected chi connectivity index (χ4v) is 6.23. The number of carboxylic acid groups (broad SMARTS) is 1. The highest BCUT2D eigenvalue weighted by molar-refractivity contribution is 6.50. The quantitative estimate of drug-likeness (QED) is 0.191. The van der Waals surface area contributed by atoms with Crippen molar-refractivity contribution < 1.29 is 34.8 Å². The molecule has 0 radical (unpaired) electrons. The number of aliphatic hydroxyl groups is 3. The van der Waals surface area contributed by atoms with E-state index in [1.807, 2.05) is 26.8 Å². The number of carboxylic acids is 1. The van der Waals surface area contributed by atoms with E-state index in [1.54, 1.807) is 13.0 Å². The SMILES string of the molecule is CC(C)=CCC/C(=C/CC[C@]1(C)C2=C(C(O)=C(C)C(=O)C2=O)[C@H](O)[C@H]2[C@H]1CCC2(C)O)C(=O)O. The number of aliphatic carboxylic acids is 1. The summed E-state index contributed by atoms with van der Waals surface area (Å²) in [5, 5.41) is 42.7. The lowest BCUT2D eigenvalue weighted by Gasteiger charge is -2.50. The van der Waals surface area contributed by atoms with Crippen LogP contribution < -0.4 is 0 Å². The molecule has 0 heterocycles. The van der Waals surface area contributed by atoms with Crippen LogP contribution in [0.2, 0.25) is 0 Å². The van der Waals surface area contributed by atoms with Crippen molar-refractivity contribution in [2.24, 2.45) is 17.3 Å². The number of hydrogen-bond acceptors (Lipinski definition) is 6. The summed E-state index contributed by atoms with van der Waals surface area (Å²) in [5.74, 6) is -3.82. The number of carbonyl (C=O) groups excluding carboxylic acids is 2. The van der Waals surface area contributed by atoms with Crippen molar-refractivity contribution in [3.8, 4) is 0 Å². The van der Waals surface area contributed by atoms with E-state index in [1.165, 1.54) is 6.92 Å². The van der Waals surface area contributed by atoms with E-state index in [0.717, 1.165) is 5.57 Å². The van der Waals surface area contributed by atoms with Crippen molar-refractivity contribution in [1.82, 2.24) is 0 Å². The van der Waals surface area contributed by atoms with Crippen molar-refractivity contribution in [2.45, 2.75) is 84.8 Å². The van der Waals surface area contributed by atoms with E-state index in [4.69, 9.17) is 0 Å². The molecule has 0 spiro atoms. The van der Waals surface area contributed by atoms with Gasteiger partial charge in [0.2, 0.25) is 11.6 Å². The van der Waals surface area contributed by atoms with E-state index >= 15 is 0 Å².